The van der Waals surface area contributed by atoms with Crippen LogP contribution in [-0.4, -0.2) is 109 Å². The van der Waals surface area contributed by atoms with E-state index in [-0.39, 0.29) is 50.5 Å². The van der Waals surface area contributed by atoms with E-state index in [0.717, 1.165) is 171 Å². The van der Waals surface area contributed by atoms with Gasteiger partial charge in [-0.1, -0.05) is 227 Å². The standard InChI is InChI=1S/C46H63FO7.C44H63FO7.C34H43FO5/c1-6-7-8-9-10-11-13-16-26-51-41-23-24-42(43(47)33-41)40-31-38(21-18-28-53-45(48)35(2)3)44(39(32-40)22-19-29-54-46(49)36(4)5)52-27-17-14-12-15-20-37-25-30-50-34-37;1-6-7-8-9-10-11-13-16-25-48-38-23-24-40(41(45)31-38)37-29-35(20-18-27-50-43(46)33(2)3)42(49-26-17-14-12-15-22-39-32-52-39)36(30-37)21-19-28-51-44(47)34(4)5;1-4-5-6-7-8-9-10-11-19-38-30-15-16-31(32(35)23-30)28-14-17-33(40-25-27-18-21-37-24-27)29(22-28)13-12-20-39-34(36)26(2)3/h23-25,30-34H,2,4,6-22,26-29H2,1,3,5H3;23-24,29-31,39H,2,4,6-22,25-28,32H2,1,3,5H3;14-18,21-24H,2,4-13,19-20,25H2,1,3H3. The molecule has 1 atom stereocenters. The third kappa shape index (κ3) is 49.8. The molecule has 1 aliphatic rings. The van der Waals surface area contributed by atoms with Gasteiger partial charge in [0.2, 0.25) is 0 Å². The first-order valence-corrected chi connectivity index (χ1v) is 54.2. The van der Waals surface area contributed by atoms with Gasteiger partial charge in [-0.05, 0) is 285 Å². The highest BCUT2D eigenvalue weighted by molar-refractivity contribution is 5.89. The van der Waals surface area contributed by atoms with Gasteiger partial charge in [0.25, 0.3) is 0 Å². The van der Waals surface area contributed by atoms with E-state index in [1.54, 1.807) is 77.9 Å². The zero-order valence-corrected chi connectivity index (χ0v) is 89.3. The second-order valence-corrected chi connectivity index (χ2v) is 38.6. The highest BCUT2D eigenvalue weighted by Gasteiger charge is 2.24. The number of esters is 5. The molecule has 22 heteroatoms. The Labute approximate surface area is 870 Å². The lowest BCUT2D eigenvalue weighted by Crippen LogP contribution is -2.10. The van der Waals surface area contributed by atoms with Crippen LogP contribution in [0.15, 0.2) is 204 Å². The van der Waals surface area contributed by atoms with E-state index < -0.39 is 29.8 Å². The van der Waals surface area contributed by atoms with Crippen molar-refractivity contribution >= 4 is 29.8 Å². The summed E-state index contributed by atoms with van der Waals surface area (Å²) < 4.78 is 126. The van der Waals surface area contributed by atoms with Gasteiger partial charge in [0.15, 0.2) is 0 Å². The second-order valence-electron chi connectivity index (χ2n) is 38.6. The maximum absolute atomic E-state index is 15.8. The summed E-state index contributed by atoms with van der Waals surface area (Å²) in [6.07, 6.45) is 52.4. The van der Waals surface area contributed by atoms with Gasteiger partial charge in [-0.2, -0.15) is 0 Å². The number of halogens is 3. The van der Waals surface area contributed by atoms with Crippen LogP contribution >= 0.6 is 0 Å². The minimum atomic E-state index is -0.426. The number of furan rings is 2. The summed E-state index contributed by atoms with van der Waals surface area (Å²) in [6.45, 7) is 38.3. The van der Waals surface area contributed by atoms with E-state index in [2.05, 4.69) is 53.7 Å². The van der Waals surface area contributed by atoms with Crippen LogP contribution in [0, 0.1) is 17.5 Å². The molecule has 1 unspecified atom stereocenters. The van der Waals surface area contributed by atoms with E-state index in [4.69, 9.17) is 65.7 Å². The van der Waals surface area contributed by atoms with Crippen molar-refractivity contribution < 1.29 is 103 Å². The third-order valence-corrected chi connectivity index (χ3v) is 25.2. The molecule has 2 aromatic heterocycles. The van der Waals surface area contributed by atoms with Gasteiger partial charge < -0.3 is 65.7 Å². The number of rotatable bonds is 77. The van der Waals surface area contributed by atoms with Crippen molar-refractivity contribution in [3.63, 3.8) is 0 Å². The number of carbonyl (C=O) groups is 5. The van der Waals surface area contributed by atoms with Crippen LogP contribution < -0.4 is 28.4 Å². The molecule has 6 aromatic carbocycles. The molecule has 0 bridgehead atoms. The van der Waals surface area contributed by atoms with Crippen LogP contribution in [-0.2, 0) is 97.5 Å². The summed E-state index contributed by atoms with van der Waals surface area (Å²) in [5.41, 5.74) is 12.1. The van der Waals surface area contributed by atoms with Crippen molar-refractivity contribution in [2.45, 2.75) is 351 Å². The Balaban J connectivity index is 0.000000300. The predicted molar refractivity (Wildman–Crippen MR) is 578 cm³/mol. The van der Waals surface area contributed by atoms with Crippen molar-refractivity contribution in [1.29, 1.82) is 0 Å². The molecule has 146 heavy (non-hydrogen) atoms. The van der Waals surface area contributed by atoms with Crippen LogP contribution in [0.2, 0.25) is 0 Å². The van der Waals surface area contributed by atoms with Gasteiger partial charge in [-0.25, -0.2) is 37.1 Å². The van der Waals surface area contributed by atoms with Crippen molar-refractivity contribution in [3.8, 4) is 67.9 Å². The Kier molecular flexibility index (Phi) is 60.5. The summed E-state index contributed by atoms with van der Waals surface area (Å²) in [5.74, 6) is 0.635. The van der Waals surface area contributed by atoms with Gasteiger partial charge in [0.05, 0.1) is 104 Å². The fourth-order valence-corrected chi connectivity index (χ4v) is 16.7. The Morgan fingerprint density at radius 3 is 0.890 bits per heavy atom. The lowest BCUT2D eigenvalue weighted by molar-refractivity contribution is -0.139. The minimum absolute atomic E-state index is 0.220. The first kappa shape index (κ1) is 121. The van der Waals surface area contributed by atoms with Crippen molar-refractivity contribution in [2.75, 3.05) is 72.7 Å². The average molecular weight is 2020 g/mol. The van der Waals surface area contributed by atoms with Crippen LogP contribution in [0.3, 0.4) is 0 Å². The molecule has 0 amide bonds. The topological polar surface area (TPSA) is 226 Å². The fourth-order valence-electron chi connectivity index (χ4n) is 16.7. The highest BCUT2D eigenvalue weighted by atomic mass is 19.1. The van der Waals surface area contributed by atoms with Crippen molar-refractivity contribution in [1.82, 2.24) is 0 Å². The number of unbranched alkanes of at least 4 members (excludes halogenated alkanes) is 27. The van der Waals surface area contributed by atoms with Gasteiger partial charge in [-0.15, -0.1) is 0 Å². The molecule has 1 saturated heterocycles. The summed E-state index contributed by atoms with van der Waals surface area (Å²) >= 11 is 0. The van der Waals surface area contributed by atoms with E-state index in [0.29, 0.717) is 178 Å². The molecule has 9 rings (SSSR count). The second kappa shape index (κ2) is 72.7. The molecule has 0 radical (unpaired) electrons. The molecule has 1 aliphatic heterocycles. The molecule has 0 N–H and O–H groups in total. The Hall–Kier alpha value is -11.5. The number of ether oxygens (including phenoxy) is 12. The molecule has 0 aliphatic carbocycles. The van der Waals surface area contributed by atoms with E-state index in [1.807, 2.05) is 72.8 Å². The monoisotopic (exact) mass is 2020 g/mol. The van der Waals surface area contributed by atoms with Gasteiger partial charge >= 0.3 is 29.8 Å². The largest absolute Gasteiger partial charge is 0.493 e. The molecule has 0 spiro atoms. The Morgan fingerprint density at radius 2 is 0.582 bits per heavy atom. The van der Waals surface area contributed by atoms with Gasteiger partial charge in [-0.3, -0.25) is 0 Å². The zero-order valence-electron chi connectivity index (χ0n) is 89.3. The number of benzene rings is 6. The number of aryl methyl sites for hydroxylation is 6. The van der Waals surface area contributed by atoms with Crippen LogP contribution in [0.5, 0.6) is 34.5 Å². The molecule has 8 aromatic rings. The van der Waals surface area contributed by atoms with Crippen LogP contribution in [0.25, 0.3) is 33.4 Å². The smallest absolute Gasteiger partial charge is 0.333 e. The molecule has 0 saturated carbocycles. The summed E-state index contributed by atoms with van der Waals surface area (Å²) in [4.78, 5) is 59.8. The predicted octanol–water partition coefficient (Wildman–Crippen LogP) is 32.0. The molecule has 19 nitrogen and oxygen atoms in total. The normalized spacial score (nSPS) is 11.8. The van der Waals surface area contributed by atoms with Crippen LogP contribution in [0.1, 0.15) is 338 Å². The number of hydrogen-bond donors (Lipinski definition) is 0. The van der Waals surface area contributed by atoms with E-state index in [9.17, 15) is 24.0 Å². The SMILES string of the molecule is C=C(C)C(=O)OCCCc1cc(-c2ccc(OCCCCCCCCCC)cc2F)cc(CCCOC(=O)C(=C)C)c1OCCCCCCC1CO1.C=C(C)C(=O)OCCCc1cc(-c2ccc(OCCCCCCCCCC)cc2F)cc(CCCOC(=O)C(=C)C)c1OCCCCCCc1ccoc1.C=C(C)C(=O)OCCCc1cc(-c2ccc(OCCCCCCCCCC)cc2F)ccc1OCc1ccoc1. The van der Waals surface area contributed by atoms with Gasteiger partial charge in [0, 0.05) is 68.3 Å². The first-order valence-electron chi connectivity index (χ1n) is 54.2. The van der Waals surface area contributed by atoms with E-state index >= 15 is 13.2 Å². The fraction of sp³-hybridized carbons (Fsp3) is 0.524. The third-order valence-electron chi connectivity index (χ3n) is 25.2. The maximum Gasteiger partial charge on any atom is 0.333 e. The van der Waals surface area contributed by atoms with E-state index in [1.165, 1.54) is 139 Å². The Bertz CT molecular complexity index is 5070. The molecule has 3 heterocycles. The van der Waals surface area contributed by atoms with Crippen molar-refractivity contribution in [3.05, 3.63) is 251 Å². The molecule has 800 valence electrons. The molecule has 1 fully saturated rings. The minimum Gasteiger partial charge on any atom is -0.493 e. The van der Waals surface area contributed by atoms with Gasteiger partial charge in [0.1, 0.15) is 58.6 Å². The lowest BCUT2D eigenvalue weighted by Gasteiger charge is -2.19. The zero-order chi connectivity index (χ0) is 105. The quantitative estimate of drug-likeness (QED) is 0.0113. The average Bonchev–Trinajstić information content (AvgIpc) is 0.831. The number of epoxide rings is 1. The summed E-state index contributed by atoms with van der Waals surface area (Å²) in [5, 5.41) is 0. The summed E-state index contributed by atoms with van der Waals surface area (Å²) in [7, 11) is 0. The number of carbonyl (C=O) groups excluding carboxylic acids is 5. The number of hydrogen-bond acceptors (Lipinski definition) is 19. The summed E-state index contributed by atoms with van der Waals surface area (Å²) in [6, 6.07) is 32.6. The Morgan fingerprint density at radius 1 is 0.295 bits per heavy atom. The highest BCUT2D eigenvalue weighted by Crippen LogP contribution is 2.40. The van der Waals surface area contributed by atoms with Crippen LogP contribution in [0.4, 0.5) is 13.2 Å². The first-order chi connectivity index (χ1) is 70.9. The molecular formula is C124H169F3O19. The van der Waals surface area contributed by atoms with Crippen molar-refractivity contribution in [2.24, 2.45) is 0 Å². The maximum atomic E-state index is 15.8. The lowest BCUT2D eigenvalue weighted by atomic mass is 9.94. The molecular weight excluding hydrogens is 1850 g/mol.